The molecule has 1 aliphatic heterocycles. The molecule has 0 fully saturated rings. The second-order valence-electron chi connectivity index (χ2n) is 7.58. The number of carbonyl (C=O) groups excluding carboxylic acids is 2. The van der Waals surface area contributed by atoms with Crippen LogP contribution in [-0.4, -0.2) is 55.1 Å². The lowest BCUT2D eigenvalue weighted by Gasteiger charge is -2.27. The van der Waals surface area contributed by atoms with Crippen LogP contribution in [0.5, 0.6) is 5.75 Å². The van der Waals surface area contributed by atoms with E-state index in [9.17, 15) is 18.0 Å². The molecule has 29 heavy (non-hydrogen) atoms. The minimum absolute atomic E-state index is 0.0228. The topological polar surface area (TPSA) is 119 Å². The van der Waals surface area contributed by atoms with Crippen LogP contribution < -0.4 is 4.74 Å². The lowest BCUT2D eigenvalue weighted by Crippen LogP contribution is -2.36. The Hall–Kier alpha value is -3.07. The van der Waals surface area contributed by atoms with Gasteiger partial charge < -0.3 is 9.72 Å². The molecule has 150 valence electrons. The summed E-state index contributed by atoms with van der Waals surface area (Å²) in [4.78, 5) is 37.3. The molecular formula is C20H19N3O5S. The first kappa shape index (κ1) is 19.3. The van der Waals surface area contributed by atoms with Gasteiger partial charge in [0.15, 0.2) is 21.4 Å². The molecule has 0 saturated carbocycles. The van der Waals surface area contributed by atoms with Crippen molar-refractivity contribution in [3.63, 3.8) is 0 Å². The second-order valence-corrected chi connectivity index (χ2v) is 9.60. The molecule has 2 heterocycles. The van der Waals surface area contributed by atoms with E-state index in [4.69, 9.17) is 4.74 Å². The fourth-order valence-electron chi connectivity index (χ4n) is 3.48. The van der Waals surface area contributed by atoms with Crippen molar-refractivity contribution in [1.29, 1.82) is 0 Å². The van der Waals surface area contributed by atoms with E-state index in [-0.39, 0.29) is 28.6 Å². The third kappa shape index (κ3) is 3.02. The Kier molecular flexibility index (Phi) is 4.13. The number of benzene rings is 1. The van der Waals surface area contributed by atoms with Crippen molar-refractivity contribution in [2.45, 2.75) is 30.7 Å². The van der Waals surface area contributed by atoms with Crippen LogP contribution in [0.25, 0.3) is 17.0 Å². The van der Waals surface area contributed by atoms with Crippen LogP contribution >= 0.6 is 0 Å². The van der Waals surface area contributed by atoms with Crippen molar-refractivity contribution < 1.29 is 22.7 Å². The van der Waals surface area contributed by atoms with Crippen LogP contribution in [0.4, 0.5) is 0 Å². The third-order valence-corrected chi connectivity index (χ3v) is 6.21. The predicted molar refractivity (Wildman–Crippen MR) is 107 cm³/mol. The first-order valence-corrected chi connectivity index (χ1v) is 10.8. The number of dihydropyridines is 1. The molecule has 1 N–H and O–H groups in total. The number of H-pyrrole nitrogens is 1. The maximum atomic E-state index is 12.7. The molecule has 2 aromatic rings. The molecule has 1 aliphatic carbocycles. The number of aliphatic imine (C=N–C) groups is 1. The number of allylic oxidation sites excluding steroid dienone is 1. The highest BCUT2D eigenvalue weighted by molar-refractivity contribution is 7.90. The van der Waals surface area contributed by atoms with E-state index in [0.29, 0.717) is 34.0 Å². The van der Waals surface area contributed by atoms with E-state index < -0.39 is 15.4 Å². The van der Waals surface area contributed by atoms with Crippen molar-refractivity contribution in [3.8, 4) is 17.1 Å². The number of Topliss-reactive ketones (excluding diaryl/α,β-unsaturated/α-hetero) is 2. The average Bonchev–Trinajstić information content (AvgIpc) is 3.10. The van der Waals surface area contributed by atoms with Gasteiger partial charge in [-0.2, -0.15) is 0 Å². The van der Waals surface area contributed by atoms with E-state index in [0.717, 1.165) is 6.26 Å². The summed E-state index contributed by atoms with van der Waals surface area (Å²) in [5.74, 6) is 0.211. The minimum Gasteiger partial charge on any atom is -0.496 e. The zero-order chi connectivity index (χ0) is 21.1. The van der Waals surface area contributed by atoms with Gasteiger partial charge in [0, 0.05) is 30.0 Å². The van der Waals surface area contributed by atoms with Crippen molar-refractivity contribution in [3.05, 3.63) is 35.2 Å². The highest BCUT2D eigenvalue weighted by Gasteiger charge is 2.40. The van der Waals surface area contributed by atoms with E-state index in [1.54, 1.807) is 26.1 Å². The van der Waals surface area contributed by atoms with Crippen LogP contribution in [0.3, 0.4) is 0 Å². The van der Waals surface area contributed by atoms with E-state index in [2.05, 4.69) is 15.0 Å². The number of ketones is 2. The van der Waals surface area contributed by atoms with Crippen molar-refractivity contribution in [2.24, 2.45) is 4.99 Å². The largest absolute Gasteiger partial charge is 0.496 e. The molecule has 9 heteroatoms. The van der Waals surface area contributed by atoms with Gasteiger partial charge in [-0.15, -0.1) is 0 Å². The number of sulfone groups is 1. The summed E-state index contributed by atoms with van der Waals surface area (Å²) in [5.41, 5.74) is 1.26. The summed E-state index contributed by atoms with van der Waals surface area (Å²) in [6, 6.07) is 4.44. The molecule has 0 unspecified atom stereocenters. The number of imidazole rings is 1. The molecule has 0 saturated heterocycles. The SMILES string of the molecule is COc1cc(S(C)(=O)=O)ccc1-c1nc2c([nH]1)C1=C(CC2=O)C(=O)C(C)(C)N=C1. The summed E-state index contributed by atoms with van der Waals surface area (Å²) < 4.78 is 29.0. The molecule has 0 bridgehead atoms. The van der Waals surface area contributed by atoms with Crippen molar-refractivity contribution in [1.82, 2.24) is 9.97 Å². The highest BCUT2D eigenvalue weighted by atomic mass is 32.2. The van der Waals surface area contributed by atoms with Gasteiger partial charge >= 0.3 is 0 Å². The molecule has 0 amide bonds. The fraction of sp³-hybridized carbons (Fsp3) is 0.300. The summed E-state index contributed by atoms with van der Waals surface area (Å²) in [7, 11) is -1.98. The fourth-order valence-corrected chi connectivity index (χ4v) is 4.12. The molecule has 1 aromatic heterocycles. The number of nitrogens with zero attached hydrogens (tertiary/aromatic N) is 2. The number of nitrogens with one attached hydrogen (secondary N) is 1. The predicted octanol–water partition coefficient (Wildman–Crippen LogP) is 2.26. The average molecular weight is 413 g/mol. The normalized spacial score (nSPS) is 17.9. The zero-order valence-corrected chi connectivity index (χ0v) is 17.2. The zero-order valence-electron chi connectivity index (χ0n) is 16.4. The highest BCUT2D eigenvalue weighted by Crippen LogP contribution is 2.38. The van der Waals surface area contributed by atoms with Crippen molar-refractivity contribution in [2.75, 3.05) is 13.4 Å². The molecule has 0 atom stereocenters. The molecule has 4 rings (SSSR count). The number of methoxy groups -OCH3 is 1. The van der Waals surface area contributed by atoms with Gasteiger partial charge in [0.2, 0.25) is 0 Å². The number of hydrogen-bond acceptors (Lipinski definition) is 7. The Balaban J connectivity index is 1.86. The molecule has 8 nitrogen and oxygen atoms in total. The Morgan fingerprint density at radius 2 is 1.93 bits per heavy atom. The number of aromatic nitrogens is 2. The lowest BCUT2D eigenvalue weighted by atomic mass is 9.81. The lowest BCUT2D eigenvalue weighted by molar-refractivity contribution is -0.119. The molecule has 0 spiro atoms. The summed E-state index contributed by atoms with van der Waals surface area (Å²) in [6.45, 7) is 3.42. The van der Waals surface area contributed by atoms with Gasteiger partial charge in [-0.05, 0) is 32.0 Å². The summed E-state index contributed by atoms with van der Waals surface area (Å²) >= 11 is 0. The van der Waals surface area contributed by atoms with Gasteiger partial charge in [-0.1, -0.05) is 0 Å². The minimum atomic E-state index is -3.41. The Bertz CT molecular complexity index is 1250. The monoisotopic (exact) mass is 413 g/mol. The van der Waals surface area contributed by atoms with Crippen LogP contribution in [-0.2, 0) is 14.6 Å². The number of rotatable bonds is 3. The molecule has 2 aliphatic rings. The van der Waals surface area contributed by atoms with Gasteiger partial charge in [-0.25, -0.2) is 13.4 Å². The quantitative estimate of drug-likeness (QED) is 0.824. The van der Waals surface area contributed by atoms with E-state index in [1.165, 1.54) is 19.2 Å². The van der Waals surface area contributed by atoms with Crippen LogP contribution in [0.1, 0.15) is 36.5 Å². The maximum absolute atomic E-state index is 12.7. The number of fused-ring (bicyclic) bond motifs is 2. The standard InChI is InChI=1S/C20H19N3O5S/c1-20(2)18(25)12-8-14(24)17-16(13(12)9-21-20)22-19(23-17)11-6-5-10(29(4,26)27)7-15(11)28-3/h5-7,9H,8H2,1-4H3,(H,22,23). The summed E-state index contributed by atoms with van der Waals surface area (Å²) in [6.07, 6.45) is 2.69. The first-order valence-electron chi connectivity index (χ1n) is 8.88. The number of ether oxygens (including phenoxy) is 1. The van der Waals surface area contributed by atoms with Crippen LogP contribution in [0, 0.1) is 0 Å². The van der Waals surface area contributed by atoms with Gasteiger partial charge in [0.1, 0.15) is 22.8 Å². The van der Waals surface area contributed by atoms with Gasteiger partial charge in [-0.3, -0.25) is 14.6 Å². The Morgan fingerprint density at radius 1 is 1.21 bits per heavy atom. The van der Waals surface area contributed by atoms with Crippen molar-refractivity contribution >= 4 is 33.2 Å². The molecular weight excluding hydrogens is 394 g/mol. The van der Waals surface area contributed by atoms with E-state index in [1.807, 2.05) is 0 Å². The van der Waals surface area contributed by atoms with Crippen LogP contribution in [0.2, 0.25) is 0 Å². The second kappa shape index (κ2) is 6.21. The molecule has 0 radical (unpaired) electrons. The Labute approximate surface area is 167 Å². The third-order valence-electron chi connectivity index (χ3n) is 5.10. The molecule has 1 aromatic carbocycles. The maximum Gasteiger partial charge on any atom is 0.187 e. The summed E-state index contributed by atoms with van der Waals surface area (Å²) in [5, 5.41) is 0. The van der Waals surface area contributed by atoms with Gasteiger partial charge in [0.05, 0.1) is 23.3 Å². The first-order chi connectivity index (χ1) is 13.5. The number of carbonyl (C=O) groups is 2. The number of aromatic amines is 1. The van der Waals surface area contributed by atoms with E-state index >= 15 is 0 Å². The van der Waals surface area contributed by atoms with Gasteiger partial charge in [0.25, 0.3) is 0 Å². The smallest absolute Gasteiger partial charge is 0.187 e. The Morgan fingerprint density at radius 3 is 2.59 bits per heavy atom. The number of hydrogen-bond donors (Lipinski definition) is 1. The van der Waals surface area contributed by atoms with Crippen LogP contribution in [0.15, 0.2) is 33.7 Å².